The molecule has 0 spiro atoms. The molecule has 2 amide bonds. The van der Waals surface area contributed by atoms with Crippen molar-refractivity contribution in [3.8, 4) is 0 Å². The molecule has 0 aliphatic carbocycles. The summed E-state index contributed by atoms with van der Waals surface area (Å²) in [6.45, 7) is 5.58. The Labute approximate surface area is 144 Å². The first-order chi connectivity index (χ1) is 10.6. The third-order valence-corrected chi connectivity index (χ3v) is 3.89. The van der Waals surface area contributed by atoms with Crippen LogP contribution in [-0.2, 0) is 9.59 Å². The van der Waals surface area contributed by atoms with Crippen LogP contribution < -0.4 is 10.6 Å². The lowest BCUT2D eigenvalue weighted by Crippen LogP contribution is -2.48. The third-order valence-electron chi connectivity index (χ3n) is 3.89. The fourth-order valence-corrected chi connectivity index (χ4v) is 2.63. The summed E-state index contributed by atoms with van der Waals surface area (Å²) in [5, 5.41) is 6.14. The molecule has 1 aromatic carbocycles. The van der Waals surface area contributed by atoms with Gasteiger partial charge in [-0.05, 0) is 25.0 Å². The van der Waals surface area contributed by atoms with E-state index in [1.54, 1.807) is 0 Å². The minimum atomic E-state index is -0.00232. The van der Waals surface area contributed by atoms with Gasteiger partial charge in [0, 0.05) is 30.7 Å². The standard InChI is InChI=1S/C17H25N3O2.ClH/c1-13(2)17(22)20-10-8-15(9-11-20)19-16(21)12-18-14-6-4-3-5-7-14;/h3-7,13,15,18H,8-12H2,1-2H3,(H,19,21);1H. The summed E-state index contributed by atoms with van der Waals surface area (Å²) in [6, 6.07) is 9.84. The third kappa shape index (κ3) is 6.10. The van der Waals surface area contributed by atoms with Gasteiger partial charge in [0.1, 0.15) is 0 Å². The lowest BCUT2D eigenvalue weighted by atomic mass is 10.0. The number of likely N-dealkylation sites (tertiary alicyclic amines) is 1. The maximum absolute atomic E-state index is 12.0. The molecule has 1 fully saturated rings. The second-order valence-corrected chi connectivity index (χ2v) is 6.04. The zero-order valence-electron chi connectivity index (χ0n) is 13.7. The Bertz CT molecular complexity index is 500. The number of anilines is 1. The maximum atomic E-state index is 12.0. The normalized spacial score (nSPS) is 15.0. The Hall–Kier alpha value is -1.75. The lowest BCUT2D eigenvalue weighted by molar-refractivity contribution is -0.135. The van der Waals surface area contributed by atoms with Gasteiger partial charge in [-0.3, -0.25) is 9.59 Å². The molecular formula is C17H26ClN3O2. The van der Waals surface area contributed by atoms with Crippen LogP contribution in [0.4, 0.5) is 5.69 Å². The molecule has 1 saturated heterocycles. The van der Waals surface area contributed by atoms with Crippen LogP contribution in [0.3, 0.4) is 0 Å². The van der Waals surface area contributed by atoms with Crippen molar-refractivity contribution in [3.05, 3.63) is 30.3 Å². The van der Waals surface area contributed by atoms with Crippen molar-refractivity contribution in [2.24, 2.45) is 5.92 Å². The number of carbonyl (C=O) groups is 2. The Morgan fingerprint density at radius 2 is 1.78 bits per heavy atom. The molecule has 1 aromatic rings. The van der Waals surface area contributed by atoms with E-state index in [9.17, 15) is 9.59 Å². The minimum Gasteiger partial charge on any atom is -0.376 e. The van der Waals surface area contributed by atoms with E-state index in [0.717, 1.165) is 31.6 Å². The summed E-state index contributed by atoms with van der Waals surface area (Å²) < 4.78 is 0. The van der Waals surface area contributed by atoms with Crippen LogP contribution in [0.1, 0.15) is 26.7 Å². The maximum Gasteiger partial charge on any atom is 0.239 e. The van der Waals surface area contributed by atoms with Gasteiger partial charge in [0.15, 0.2) is 0 Å². The van der Waals surface area contributed by atoms with E-state index >= 15 is 0 Å². The molecular weight excluding hydrogens is 314 g/mol. The summed E-state index contributed by atoms with van der Waals surface area (Å²) in [4.78, 5) is 25.8. The predicted molar refractivity (Wildman–Crippen MR) is 94.8 cm³/mol. The predicted octanol–water partition coefficient (Wildman–Crippen LogP) is 2.28. The molecule has 2 rings (SSSR count). The SMILES string of the molecule is CC(C)C(=O)N1CCC(NC(=O)CNc2ccccc2)CC1.Cl. The van der Waals surface area contributed by atoms with Crippen LogP contribution in [0.25, 0.3) is 0 Å². The summed E-state index contributed by atoms with van der Waals surface area (Å²) in [5.41, 5.74) is 0.940. The van der Waals surface area contributed by atoms with E-state index in [1.807, 2.05) is 49.1 Å². The molecule has 1 aliphatic heterocycles. The zero-order chi connectivity index (χ0) is 15.9. The van der Waals surface area contributed by atoms with E-state index in [1.165, 1.54) is 0 Å². The van der Waals surface area contributed by atoms with Gasteiger partial charge < -0.3 is 15.5 Å². The number of benzene rings is 1. The summed E-state index contributed by atoms with van der Waals surface area (Å²) in [6.07, 6.45) is 1.66. The minimum absolute atomic E-state index is 0. The molecule has 6 heteroatoms. The molecule has 0 bridgehead atoms. The summed E-state index contributed by atoms with van der Waals surface area (Å²) in [5.74, 6) is 0.245. The van der Waals surface area contributed by atoms with Crippen LogP contribution in [0, 0.1) is 5.92 Å². The van der Waals surface area contributed by atoms with Gasteiger partial charge in [0.25, 0.3) is 0 Å². The number of rotatable bonds is 5. The highest BCUT2D eigenvalue weighted by Crippen LogP contribution is 2.13. The smallest absolute Gasteiger partial charge is 0.239 e. The second-order valence-electron chi connectivity index (χ2n) is 6.04. The number of para-hydroxylation sites is 1. The van der Waals surface area contributed by atoms with Crippen LogP contribution in [0.2, 0.25) is 0 Å². The van der Waals surface area contributed by atoms with E-state index < -0.39 is 0 Å². The molecule has 2 N–H and O–H groups in total. The first kappa shape index (κ1) is 19.3. The van der Waals surface area contributed by atoms with Crippen LogP contribution in [0.15, 0.2) is 30.3 Å². The van der Waals surface area contributed by atoms with Gasteiger partial charge >= 0.3 is 0 Å². The Balaban J connectivity index is 0.00000264. The topological polar surface area (TPSA) is 61.4 Å². The number of amides is 2. The molecule has 1 heterocycles. The lowest BCUT2D eigenvalue weighted by Gasteiger charge is -2.33. The highest BCUT2D eigenvalue weighted by atomic mass is 35.5. The zero-order valence-corrected chi connectivity index (χ0v) is 14.6. The van der Waals surface area contributed by atoms with Gasteiger partial charge in [-0.25, -0.2) is 0 Å². The van der Waals surface area contributed by atoms with Gasteiger partial charge in [0.05, 0.1) is 6.54 Å². The van der Waals surface area contributed by atoms with Crippen molar-refractivity contribution in [1.29, 1.82) is 0 Å². The molecule has 0 unspecified atom stereocenters. The van der Waals surface area contributed by atoms with Crippen LogP contribution >= 0.6 is 12.4 Å². The molecule has 23 heavy (non-hydrogen) atoms. The van der Waals surface area contributed by atoms with Crippen molar-refractivity contribution in [2.45, 2.75) is 32.7 Å². The summed E-state index contributed by atoms with van der Waals surface area (Å²) >= 11 is 0. The number of halogens is 1. The van der Waals surface area contributed by atoms with Crippen molar-refractivity contribution >= 4 is 29.9 Å². The van der Waals surface area contributed by atoms with E-state index in [-0.39, 0.29) is 42.7 Å². The molecule has 0 radical (unpaired) electrons. The Morgan fingerprint density at radius 1 is 1.17 bits per heavy atom. The molecule has 0 saturated carbocycles. The average Bonchev–Trinajstić information content (AvgIpc) is 2.54. The molecule has 0 atom stereocenters. The largest absolute Gasteiger partial charge is 0.376 e. The van der Waals surface area contributed by atoms with E-state index in [2.05, 4.69) is 10.6 Å². The number of piperidine rings is 1. The highest BCUT2D eigenvalue weighted by molar-refractivity contribution is 5.85. The van der Waals surface area contributed by atoms with Crippen molar-refractivity contribution in [3.63, 3.8) is 0 Å². The van der Waals surface area contributed by atoms with E-state index in [0.29, 0.717) is 0 Å². The molecule has 1 aliphatic rings. The quantitative estimate of drug-likeness (QED) is 0.865. The van der Waals surface area contributed by atoms with Crippen molar-refractivity contribution in [1.82, 2.24) is 10.2 Å². The van der Waals surface area contributed by atoms with Gasteiger partial charge in [-0.1, -0.05) is 32.0 Å². The van der Waals surface area contributed by atoms with Crippen molar-refractivity contribution in [2.75, 3.05) is 25.0 Å². The Kier molecular flexibility index (Phi) is 7.89. The van der Waals surface area contributed by atoms with Gasteiger partial charge in [0.2, 0.25) is 11.8 Å². The van der Waals surface area contributed by atoms with Crippen LogP contribution in [0.5, 0.6) is 0 Å². The number of carbonyl (C=O) groups excluding carboxylic acids is 2. The number of hydrogen-bond acceptors (Lipinski definition) is 3. The monoisotopic (exact) mass is 339 g/mol. The first-order valence-corrected chi connectivity index (χ1v) is 7.93. The fraction of sp³-hybridized carbons (Fsp3) is 0.529. The summed E-state index contributed by atoms with van der Waals surface area (Å²) in [7, 11) is 0. The second kappa shape index (κ2) is 9.40. The molecule has 0 aromatic heterocycles. The highest BCUT2D eigenvalue weighted by Gasteiger charge is 2.24. The van der Waals surface area contributed by atoms with Gasteiger partial charge in [-0.2, -0.15) is 0 Å². The molecule has 5 nitrogen and oxygen atoms in total. The van der Waals surface area contributed by atoms with E-state index in [4.69, 9.17) is 0 Å². The number of nitrogens with one attached hydrogen (secondary N) is 2. The van der Waals surface area contributed by atoms with Gasteiger partial charge in [-0.15, -0.1) is 12.4 Å². The number of hydrogen-bond donors (Lipinski definition) is 2. The number of nitrogens with zero attached hydrogens (tertiary/aromatic N) is 1. The van der Waals surface area contributed by atoms with Crippen LogP contribution in [-0.4, -0.2) is 42.4 Å². The molecule has 128 valence electrons. The Morgan fingerprint density at radius 3 is 2.35 bits per heavy atom. The fourth-order valence-electron chi connectivity index (χ4n) is 2.63. The average molecular weight is 340 g/mol. The first-order valence-electron chi connectivity index (χ1n) is 7.93. The van der Waals surface area contributed by atoms with Crippen molar-refractivity contribution < 1.29 is 9.59 Å².